The van der Waals surface area contributed by atoms with Crippen molar-refractivity contribution in [3.05, 3.63) is 45.8 Å². The number of thiophene rings is 1. The van der Waals surface area contributed by atoms with Crippen LogP contribution in [0.1, 0.15) is 45.0 Å². The van der Waals surface area contributed by atoms with Crippen LogP contribution >= 0.6 is 23.1 Å². The summed E-state index contributed by atoms with van der Waals surface area (Å²) in [4.78, 5) is 37.3. The quantitative estimate of drug-likeness (QED) is 0.297. The first-order valence-electron chi connectivity index (χ1n) is 9.93. The van der Waals surface area contributed by atoms with Crippen molar-refractivity contribution in [2.24, 2.45) is 7.05 Å². The summed E-state index contributed by atoms with van der Waals surface area (Å²) in [6.07, 6.45) is 0. The summed E-state index contributed by atoms with van der Waals surface area (Å²) in [6.45, 7) is 7.01. The van der Waals surface area contributed by atoms with Crippen molar-refractivity contribution >= 4 is 45.8 Å². The van der Waals surface area contributed by atoms with Crippen LogP contribution in [0.4, 0.5) is 5.00 Å². The van der Waals surface area contributed by atoms with Gasteiger partial charge in [0.25, 0.3) is 0 Å². The lowest BCUT2D eigenvalue weighted by Crippen LogP contribution is -2.16. The highest BCUT2D eigenvalue weighted by molar-refractivity contribution is 7.99. The van der Waals surface area contributed by atoms with E-state index in [1.807, 2.05) is 42.8 Å². The number of hydrogen-bond acceptors (Lipinski definition) is 8. The molecule has 0 saturated heterocycles. The van der Waals surface area contributed by atoms with Gasteiger partial charge in [0, 0.05) is 12.6 Å². The van der Waals surface area contributed by atoms with Gasteiger partial charge >= 0.3 is 5.97 Å². The van der Waals surface area contributed by atoms with Gasteiger partial charge in [-0.2, -0.15) is 0 Å². The van der Waals surface area contributed by atoms with Gasteiger partial charge in [0.2, 0.25) is 5.91 Å². The Labute approximate surface area is 194 Å². The van der Waals surface area contributed by atoms with E-state index in [1.165, 1.54) is 18.7 Å². The number of nitrogens with zero attached hydrogens (tertiary/aromatic N) is 3. The first kappa shape index (κ1) is 23.7. The van der Waals surface area contributed by atoms with Crippen LogP contribution in [0.2, 0.25) is 0 Å². The zero-order valence-corrected chi connectivity index (χ0v) is 20.1. The summed E-state index contributed by atoms with van der Waals surface area (Å²) in [5.41, 5.74) is 2.80. The molecule has 0 fully saturated rings. The van der Waals surface area contributed by atoms with Gasteiger partial charge in [0.05, 0.1) is 22.8 Å². The summed E-state index contributed by atoms with van der Waals surface area (Å²) >= 11 is 2.31. The third-order valence-electron chi connectivity index (χ3n) is 4.64. The third-order valence-corrected chi connectivity index (χ3v) is 6.97. The Bertz CT molecular complexity index is 1180. The molecule has 0 unspecified atom stereocenters. The van der Waals surface area contributed by atoms with E-state index in [9.17, 15) is 14.4 Å². The fraction of sp³-hybridized carbons (Fsp3) is 0.318. The molecule has 0 spiro atoms. The number of carbonyl (C=O) groups is 3. The molecular formula is C22H24N4O4S2. The number of ketones is 1. The summed E-state index contributed by atoms with van der Waals surface area (Å²) in [7, 11) is 1.85. The third kappa shape index (κ3) is 5.08. The Morgan fingerprint density at radius 1 is 1.22 bits per heavy atom. The van der Waals surface area contributed by atoms with E-state index < -0.39 is 5.97 Å². The highest BCUT2D eigenvalue weighted by Crippen LogP contribution is 2.34. The summed E-state index contributed by atoms with van der Waals surface area (Å²) < 4.78 is 6.93. The normalized spacial score (nSPS) is 10.8. The monoisotopic (exact) mass is 472 g/mol. The molecule has 32 heavy (non-hydrogen) atoms. The van der Waals surface area contributed by atoms with Gasteiger partial charge in [-0.25, -0.2) is 4.79 Å². The van der Waals surface area contributed by atoms with Gasteiger partial charge < -0.3 is 14.6 Å². The zero-order chi connectivity index (χ0) is 23.4. The number of ether oxygens (including phenoxy) is 1. The smallest absolute Gasteiger partial charge is 0.341 e. The van der Waals surface area contributed by atoms with Crippen LogP contribution in [0.25, 0.3) is 11.4 Å². The second-order valence-corrected chi connectivity index (χ2v) is 9.07. The Balaban J connectivity index is 1.74. The van der Waals surface area contributed by atoms with Crippen molar-refractivity contribution < 1.29 is 19.1 Å². The first-order valence-corrected chi connectivity index (χ1v) is 11.7. The number of carbonyl (C=O) groups excluding carboxylic acids is 3. The van der Waals surface area contributed by atoms with Crippen molar-refractivity contribution in [3.63, 3.8) is 0 Å². The number of amides is 1. The van der Waals surface area contributed by atoms with E-state index in [0.717, 1.165) is 22.5 Å². The van der Waals surface area contributed by atoms with E-state index in [1.54, 1.807) is 13.8 Å². The Morgan fingerprint density at radius 3 is 2.62 bits per heavy atom. The van der Waals surface area contributed by atoms with E-state index in [-0.39, 0.29) is 29.6 Å². The second-order valence-electron chi connectivity index (χ2n) is 7.11. The largest absolute Gasteiger partial charge is 0.462 e. The van der Waals surface area contributed by atoms with Crippen LogP contribution in [0.3, 0.4) is 0 Å². The van der Waals surface area contributed by atoms with Gasteiger partial charge in [0.1, 0.15) is 5.00 Å². The van der Waals surface area contributed by atoms with Gasteiger partial charge in [-0.15, -0.1) is 21.5 Å². The predicted molar refractivity (Wildman–Crippen MR) is 126 cm³/mol. The van der Waals surface area contributed by atoms with Crippen molar-refractivity contribution in [2.45, 2.75) is 32.9 Å². The van der Waals surface area contributed by atoms with E-state index in [0.29, 0.717) is 26.4 Å². The molecular weight excluding hydrogens is 448 g/mol. The molecule has 0 radical (unpaired) electrons. The number of hydrogen-bond donors (Lipinski definition) is 1. The van der Waals surface area contributed by atoms with Crippen molar-refractivity contribution in [3.8, 4) is 11.4 Å². The second kappa shape index (κ2) is 10.1. The molecule has 0 bridgehead atoms. The van der Waals surface area contributed by atoms with Gasteiger partial charge in [-0.3, -0.25) is 9.59 Å². The first-order chi connectivity index (χ1) is 15.2. The molecule has 168 valence electrons. The molecule has 3 aromatic rings. The van der Waals surface area contributed by atoms with E-state index in [2.05, 4.69) is 15.5 Å². The van der Waals surface area contributed by atoms with Gasteiger partial charge in [0.15, 0.2) is 16.8 Å². The highest BCUT2D eigenvalue weighted by Gasteiger charge is 2.25. The van der Waals surface area contributed by atoms with Crippen LogP contribution in [0.15, 0.2) is 29.4 Å². The average Bonchev–Trinajstić information content (AvgIpc) is 3.26. The van der Waals surface area contributed by atoms with Crippen LogP contribution in [-0.4, -0.2) is 44.8 Å². The molecule has 0 aliphatic rings. The number of rotatable bonds is 8. The minimum absolute atomic E-state index is 0.0639. The Hall–Kier alpha value is -2.98. The van der Waals surface area contributed by atoms with E-state index in [4.69, 9.17) is 4.74 Å². The Kier molecular flexibility index (Phi) is 7.47. The van der Waals surface area contributed by atoms with Crippen molar-refractivity contribution in [1.29, 1.82) is 0 Å². The minimum Gasteiger partial charge on any atom is -0.462 e. The topological polar surface area (TPSA) is 103 Å². The lowest BCUT2D eigenvalue weighted by atomic mass is 10.1. The average molecular weight is 473 g/mol. The van der Waals surface area contributed by atoms with Crippen LogP contribution in [-0.2, 0) is 16.6 Å². The molecule has 8 nitrogen and oxygen atoms in total. The minimum atomic E-state index is -0.562. The van der Waals surface area contributed by atoms with Crippen molar-refractivity contribution in [1.82, 2.24) is 14.8 Å². The van der Waals surface area contributed by atoms with Gasteiger partial charge in [-0.1, -0.05) is 35.5 Å². The van der Waals surface area contributed by atoms with E-state index >= 15 is 0 Å². The molecule has 1 amide bonds. The molecule has 1 N–H and O–H groups in total. The molecule has 0 atom stereocenters. The fourth-order valence-electron chi connectivity index (χ4n) is 3.16. The van der Waals surface area contributed by atoms with Crippen LogP contribution in [0, 0.1) is 13.8 Å². The summed E-state index contributed by atoms with van der Waals surface area (Å²) in [5, 5.41) is 12.1. The molecule has 1 aromatic carbocycles. The maximum Gasteiger partial charge on any atom is 0.341 e. The molecule has 3 rings (SSSR count). The number of nitrogens with one attached hydrogen (secondary N) is 1. The lowest BCUT2D eigenvalue weighted by molar-refractivity contribution is -0.113. The standard InChI is InChI=1S/C22H24N4O4S2/c1-6-30-21(29)17-13(3)18(14(4)27)32-20(17)23-16(28)11-31-22-25-24-19(26(22)5)15-9-7-8-12(2)10-15/h7-10H,6,11H2,1-5H3,(H,23,28). The van der Waals surface area contributed by atoms with Gasteiger partial charge in [-0.05, 0) is 39.3 Å². The molecule has 2 heterocycles. The summed E-state index contributed by atoms with van der Waals surface area (Å²) in [5.74, 6) is -0.282. The number of Topliss-reactive ketones (excluding diaryl/α,β-unsaturated/α-hetero) is 1. The number of aromatic nitrogens is 3. The van der Waals surface area contributed by atoms with Crippen LogP contribution in [0.5, 0.6) is 0 Å². The maximum absolute atomic E-state index is 12.6. The molecule has 0 aliphatic carbocycles. The fourth-order valence-corrected chi connectivity index (χ4v) is 4.97. The number of esters is 1. The highest BCUT2D eigenvalue weighted by atomic mass is 32.2. The molecule has 10 heteroatoms. The molecule has 0 aliphatic heterocycles. The number of anilines is 1. The van der Waals surface area contributed by atoms with Crippen LogP contribution < -0.4 is 5.32 Å². The number of thioether (sulfide) groups is 1. The maximum atomic E-state index is 12.6. The predicted octanol–water partition coefficient (Wildman–Crippen LogP) is 4.27. The molecule has 2 aromatic heterocycles. The number of aryl methyl sites for hydroxylation is 1. The van der Waals surface area contributed by atoms with Crippen molar-refractivity contribution in [2.75, 3.05) is 17.7 Å². The lowest BCUT2D eigenvalue weighted by Gasteiger charge is -2.07. The molecule has 0 saturated carbocycles. The summed E-state index contributed by atoms with van der Waals surface area (Å²) in [6, 6.07) is 7.95. The number of benzene rings is 1. The SMILES string of the molecule is CCOC(=O)c1c(NC(=O)CSc2nnc(-c3cccc(C)c3)n2C)sc(C(C)=O)c1C. The Morgan fingerprint density at radius 2 is 1.97 bits per heavy atom. The zero-order valence-electron chi connectivity index (χ0n) is 18.5.